The number of ether oxygens (including phenoxy) is 1. The lowest BCUT2D eigenvalue weighted by Crippen LogP contribution is -2.27. The first-order chi connectivity index (χ1) is 7.16. The number of nitrogens with one attached hydrogen (secondary N) is 1. The molecule has 0 aromatic heterocycles. The maximum atomic E-state index is 11.2. The number of carbonyl (C=O) groups excluding carboxylic acids is 1. The van der Waals surface area contributed by atoms with Gasteiger partial charge in [-0.15, -0.1) is 0 Å². The van der Waals surface area contributed by atoms with Gasteiger partial charge < -0.3 is 10.1 Å². The summed E-state index contributed by atoms with van der Waals surface area (Å²) in [7, 11) is 0. The highest BCUT2D eigenvalue weighted by Crippen LogP contribution is 1.98. The van der Waals surface area contributed by atoms with Crippen molar-refractivity contribution in [1.82, 2.24) is 5.32 Å². The van der Waals surface area contributed by atoms with Crippen LogP contribution in [0.5, 0.6) is 0 Å². The normalized spacial score (nSPS) is 11.2. The molecule has 0 saturated heterocycles. The van der Waals surface area contributed by atoms with Crippen molar-refractivity contribution in [3.63, 3.8) is 0 Å². The third-order valence-electron chi connectivity index (χ3n) is 1.89. The zero-order valence-corrected chi connectivity index (χ0v) is 10.1. The molecule has 0 rings (SSSR count). The van der Waals surface area contributed by atoms with Gasteiger partial charge in [-0.05, 0) is 18.8 Å². The second-order valence-corrected chi connectivity index (χ2v) is 3.92. The Morgan fingerprint density at radius 3 is 2.73 bits per heavy atom. The quantitative estimate of drug-likeness (QED) is 0.495. The van der Waals surface area contributed by atoms with Gasteiger partial charge in [-0.25, -0.2) is 0 Å². The Balaban J connectivity index is 3.30. The van der Waals surface area contributed by atoms with Crippen molar-refractivity contribution in [1.29, 1.82) is 0 Å². The molecule has 0 unspecified atom stereocenters. The van der Waals surface area contributed by atoms with Crippen LogP contribution in [-0.2, 0) is 9.53 Å². The van der Waals surface area contributed by atoms with E-state index in [0.29, 0.717) is 19.1 Å². The van der Waals surface area contributed by atoms with E-state index in [9.17, 15) is 4.79 Å². The minimum Gasteiger partial charge on any atom is -0.372 e. The molecule has 0 aliphatic heterocycles. The van der Waals surface area contributed by atoms with E-state index in [1.54, 1.807) is 0 Å². The fraction of sp³-hybridized carbons (Fsp3) is 0.750. The van der Waals surface area contributed by atoms with Gasteiger partial charge in [-0.2, -0.15) is 0 Å². The fourth-order valence-electron chi connectivity index (χ4n) is 0.958. The van der Waals surface area contributed by atoms with Gasteiger partial charge >= 0.3 is 0 Å². The third-order valence-corrected chi connectivity index (χ3v) is 1.89. The van der Waals surface area contributed by atoms with Gasteiger partial charge in [0, 0.05) is 13.2 Å². The lowest BCUT2D eigenvalue weighted by Gasteiger charge is -2.06. The fourth-order valence-corrected chi connectivity index (χ4v) is 0.958. The van der Waals surface area contributed by atoms with Gasteiger partial charge in [-0.1, -0.05) is 32.9 Å². The highest BCUT2D eigenvalue weighted by molar-refractivity contribution is 5.77. The van der Waals surface area contributed by atoms with Crippen LogP contribution < -0.4 is 5.32 Å². The van der Waals surface area contributed by atoms with Crippen molar-refractivity contribution in [2.75, 3.05) is 19.8 Å². The highest BCUT2D eigenvalue weighted by atomic mass is 16.5. The molecule has 0 bridgehead atoms. The molecule has 3 heteroatoms. The summed E-state index contributed by atoms with van der Waals surface area (Å²) < 4.78 is 5.23. The number of allylic oxidation sites excluding steroid dienone is 1. The number of rotatable bonds is 8. The van der Waals surface area contributed by atoms with Crippen molar-refractivity contribution in [3.05, 3.63) is 12.2 Å². The average molecular weight is 213 g/mol. The molecule has 0 aromatic rings. The zero-order chi connectivity index (χ0) is 11.5. The largest absolute Gasteiger partial charge is 0.372 e. The van der Waals surface area contributed by atoms with E-state index in [-0.39, 0.29) is 12.5 Å². The van der Waals surface area contributed by atoms with Crippen LogP contribution in [0.1, 0.15) is 33.6 Å². The standard InChI is InChI=1S/C12H23NO2/c1-4-5-6-8-13-12(14)10-15-9-7-11(2)3/h5-6,11H,4,7-10H2,1-3H3,(H,13,14)/b6-5+. The molecule has 0 atom stereocenters. The molecule has 1 amide bonds. The van der Waals surface area contributed by atoms with Gasteiger partial charge in [0.25, 0.3) is 0 Å². The molecule has 1 N–H and O–H groups in total. The summed E-state index contributed by atoms with van der Waals surface area (Å²) in [5, 5.41) is 2.75. The second kappa shape index (κ2) is 9.71. The maximum Gasteiger partial charge on any atom is 0.246 e. The zero-order valence-electron chi connectivity index (χ0n) is 10.1. The van der Waals surface area contributed by atoms with Crippen LogP contribution in [0.2, 0.25) is 0 Å². The minimum absolute atomic E-state index is 0.0421. The van der Waals surface area contributed by atoms with E-state index in [0.717, 1.165) is 12.8 Å². The number of amides is 1. The summed E-state index contributed by atoms with van der Waals surface area (Å²) >= 11 is 0. The van der Waals surface area contributed by atoms with Crippen LogP contribution >= 0.6 is 0 Å². The van der Waals surface area contributed by atoms with Crippen molar-refractivity contribution < 1.29 is 9.53 Å². The Kier molecular flexibility index (Phi) is 9.18. The van der Waals surface area contributed by atoms with E-state index >= 15 is 0 Å². The van der Waals surface area contributed by atoms with Gasteiger partial charge in [0.1, 0.15) is 6.61 Å². The van der Waals surface area contributed by atoms with Gasteiger partial charge in [0.15, 0.2) is 0 Å². The van der Waals surface area contributed by atoms with Gasteiger partial charge in [0.05, 0.1) is 0 Å². The van der Waals surface area contributed by atoms with Gasteiger partial charge in [-0.3, -0.25) is 4.79 Å². The summed E-state index contributed by atoms with van der Waals surface area (Å²) in [4.78, 5) is 11.2. The Bertz CT molecular complexity index is 188. The second-order valence-electron chi connectivity index (χ2n) is 3.92. The summed E-state index contributed by atoms with van der Waals surface area (Å²) in [5.41, 5.74) is 0. The predicted molar refractivity (Wildman–Crippen MR) is 62.7 cm³/mol. The van der Waals surface area contributed by atoms with E-state index in [1.165, 1.54) is 0 Å². The van der Waals surface area contributed by atoms with Crippen LogP contribution in [0.3, 0.4) is 0 Å². The molecular formula is C12H23NO2. The van der Waals surface area contributed by atoms with E-state index < -0.39 is 0 Å². The van der Waals surface area contributed by atoms with Crippen LogP contribution in [0.15, 0.2) is 12.2 Å². The molecule has 0 radical (unpaired) electrons. The molecule has 0 saturated carbocycles. The van der Waals surface area contributed by atoms with Crippen molar-refractivity contribution in [2.45, 2.75) is 33.6 Å². The maximum absolute atomic E-state index is 11.2. The predicted octanol–water partition coefficient (Wildman–Crippen LogP) is 2.13. The molecular weight excluding hydrogens is 190 g/mol. The molecule has 0 aliphatic rings. The lowest BCUT2D eigenvalue weighted by molar-refractivity contribution is -0.125. The average Bonchev–Trinajstić information content (AvgIpc) is 2.19. The van der Waals surface area contributed by atoms with Gasteiger partial charge in [0.2, 0.25) is 5.91 Å². The van der Waals surface area contributed by atoms with Crippen molar-refractivity contribution >= 4 is 5.91 Å². The Morgan fingerprint density at radius 1 is 1.40 bits per heavy atom. The molecule has 0 aromatic carbocycles. The summed E-state index contributed by atoms with van der Waals surface area (Å²) in [5.74, 6) is 0.583. The summed E-state index contributed by atoms with van der Waals surface area (Å²) in [6, 6.07) is 0. The number of hydrogen-bond donors (Lipinski definition) is 1. The Hall–Kier alpha value is -0.830. The SMILES string of the molecule is CC/C=C/CNC(=O)COCCC(C)C. The molecule has 0 aliphatic carbocycles. The molecule has 0 spiro atoms. The van der Waals surface area contributed by atoms with E-state index in [4.69, 9.17) is 4.74 Å². The van der Waals surface area contributed by atoms with E-state index in [2.05, 4.69) is 26.1 Å². The van der Waals surface area contributed by atoms with Crippen molar-refractivity contribution in [3.8, 4) is 0 Å². The highest BCUT2D eigenvalue weighted by Gasteiger charge is 1.99. The molecule has 0 heterocycles. The smallest absolute Gasteiger partial charge is 0.246 e. The third kappa shape index (κ3) is 11.1. The Labute approximate surface area is 92.9 Å². The molecule has 0 fully saturated rings. The number of carbonyl (C=O) groups is 1. The van der Waals surface area contributed by atoms with Crippen LogP contribution in [0.4, 0.5) is 0 Å². The van der Waals surface area contributed by atoms with Crippen LogP contribution in [0, 0.1) is 5.92 Å². The lowest BCUT2D eigenvalue weighted by atomic mass is 10.1. The first-order valence-corrected chi connectivity index (χ1v) is 5.66. The summed E-state index contributed by atoms with van der Waals surface area (Å²) in [6.07, 6.45) is 5.98. The molecule has 15 heavy (non-hydrogen) atoms. The summed E-state index contributed by atoms with van der Waals surface area (Å²) in [6.45, 7) is 7.77. The molecule has 88 valence electrons. The van der Waals surface area contributed by atoms with Crippen LogP contribution in [0.25, 0.3) is 0 Å². The first-order valence-electron chi connectivity index (χ1n) is 5.66. The minimum atomic E-state index is -0.0421. The monoisotopic (exact) mass is 213 g/mol. The number of hydrogen-bond acceptors (Lipinski definition) is 2. The molecule has 3 nitrogen and oxygen atoms in total. The topological polar surface area (TPSA) is 38.3 Å². The van der Waals surface area contributed by atoms with Crippen molar-refractivity contribution in [2.24, 2.45) is 5.92 Å². The van der Waals surface area contributed by atoms with E-state index in [1.807, 2.05) is 12.2 Å². The Morgan fingerprint density at radius 2 is 2.13 bits per heavy atom. The van der Waals surface area contributed by atoms with Crippen LogP contribution in [-0.4, -0.2) is 25.7 Å². The first kappa shape index (κ1) is 14.2.